The van der Waals surface area contributed by atoms with Crippen molar-refractivity contribution in [3.05, 3.63) is 0 Å². The molecule has 1 saturated heterocycles. The smallest absolute Gasteiger partial charge is 0.320 e. The third kappa shape index (κ3) is 3.14. The zero-order chi connectivity index (χ0) is 13.0. The van der Waals surface area contributed by atoms with E-state index in [1.54, 1.807) is 0 Å². The Morgan fingerprint density at radius 3 is 2.44 bits per heavy atom. The lowest BCUT2D eigenvalue weighted by molar-refractivity contribution is 0.0385. The van der Waals surface area contributed by atoms with Crippen molar-refractivity contribution in [2.24, 2.45) is 5.92 Å². The number of hydrogen-bond donors (Lipinski definition) is 1. The summed E-state index contributed by atoms with van der Waals surface area (Å²) in [7, 11) is 1.90. The van der Waals surface area contributed by atoms with Gasteiger partial charge in [0.25, 0.3) is 0 Å². The number of ether oxygens (including phenoxy) is 1. The van der Waals surface area contributed by atoms with Crippen LogP contribution in [0.2, 0.25) is 0 Å². The molecule has 2 rings (SSSR count). The molecule has 0 bridgehead atoms. The van der Waals surface area contributed by atoms with E-state index in [0.717, 1.165) is 25.7 Å². The molecule has 104 valence electrons. The summed E-state index contributed by atoms with van der Waals surface area (Å²) in [6, 6.07) is 0.467. The molecular formula is C13H24N2O3. The third-order valence-corrected chi connectivity index (χ3v) is 4.21. The lowest BCUT2D eigenvalue weighted by Gasteiger charge is -2.38. The molecule has 1 heterocycles. The summed E-state index contributed by atoms with van der Waals surface area (Å²) in [6.45, 7) is 2.99. The molecule has 0 aromatic heterocycles. The molecule has 2 amide bonds. The number of rotatable bonds is 2. The van der Waals surface area contributed by atoms with E-state index in [1.165, 1.54) is 0 Å². The van der Waals surface area contributed by atoms with E-state index in [4.69, 9.17) is 9.84 Å². The van der Waals surface area contributed by atoms with E-state index in [9.17, 15) is 4.79 Å². The van der Waals surface area contributed by atoms with Crippen LogP contribution < -0.4 is 0 Å². The van der Waals surface area contributed by atoms with Crippen LogP contribution in [0, 0.1) is 5.92 Å². The standard InChI is InChI=1S/C13H24N2O3/c1-14(12-4-2-11(10-16)3-5-12)13(17)15-6-8-18-9-7-15/h11-12,16H,2-10H2,1H3. The van der Waals surface area contributed by atoms with Gasteiger partial charge in [0.15, 0.2) is 0 Å². The van der Waals surface area contributed by atoms with Gasteiger partial charge in [-0.1, -0.05) is 0 Å². The number of urea groups is 1. The fraction of sp³-hybridized carbons (Fsp3) is 0.923. The Bertz CT molecular complexity index is 271. The van der Waals surface area contributed by atoms with Crippen LogP contribution in [-0.4, -0.2) is 66.9 Å². The van der Waals surface area contributed by atoms with Gasteiger partial charge >= 0.3 is 6.03 Å². The Hall–Kier alpha value is -0.810. The molecule has 0 unspecified atom stereocenters. The number of amides is 2. The van der Waals surface area contributed by atoms with Gasteiger partial charge in [0.2, 0.25) is 0 Å². The van der Waals surface area contributed by atoms with Gasteiger partial charge in [-0.3, -0.25) is 0 Å². The predicted octanol–water partition coefficient (Wildman–Crippen LogP) is 0.921. The molecular weight excluding hydrogens is 232 g/mol. The third-order valence-electron chi connectivity index (χ3n) is 4.21. The van der Waals surface area contributed by atoms with Crippen LogP contribution >= 0.6 is 0 Å². The summed E-state index contributed by atoms with van der Waals surface area (Å²) in [5.41, 5.74) is 0. The van der Waals surface area contributed by atoms with Crippen molar-refractivity contribution >= 4 is 6.03 Å². The summed E-state index contributed by atoms with van der Waals surface area (Å²) in [5, 5.41) is 9.13. The highest BCUT2D eigenvalue weighted by atomic mass is 16.5. The highest BCUT2D eigenvalue weighted by Gasteiger charge is 2.29. The Morgan fingerprint density at radius 1 is 1.28 bits per heavy atom. The molecule has 0 aromatic carbocycles. The van der Waals surface area contributed by atoms with Gasteiger partial charge in [0.1, 0.15) is 0 Å². The van der Waals surface area contributed by atoms with Crippen molar-refractivity contribution < 1.29 is 14.6 Å². The van der Waals surface area contributed by atoms with Crippen LogP contribution in [0.15, 0.2) is 0 Å². The van der Waals surface area contributed by atoms with Crippen molar-refractivity contribution in [3.8, 4) is 0 Å². The number of morpholine rings is 1. The lowest BCUT2D eigenvalue weighted by Crippen LogP contribution is -2.50. The van der Waals surface area contributed by atoms with Crippen LogP contribution in [0.5, 0.6) is 0 Å². The summed E-state index contributed by atoms with van der Waals surface area (Å²) in [5.74, 6) is 0.438. The van der Waals surface area contributed by atoms with Crippen LogP contribution in [0.4, 0.5) is 4.79 Å². The second-order valence-corrected chi connectivity index (χ2v) is 5.35. The predicted molar refractivity (Wildman–Crippen MR) is 68.4 cm³/mol. The molecule has 2 aliphatic rings. The van der Waals surface area contributed by atoms with Gasteiger partial charge in [-0.2, -0.15) is 0 Å². The van der Waals surface area contributed by atoms with Gasteiger partial charge in [0.05, 0.1) is 13.2 Å². The SMILES string of the molecule is CN(C(=O)N1CCOCC1)C1CCC(CO)CC1. The lowest BCUT2D eigenvalue weighted by atomic mass is 9.86. The number of hydrogen-bond acceptors (Lipinski definition) is 3. The molecule has 0 atom stereocenters. The summed E-state index contributed by atoms with van der Waals surface area (Å²) < 4.78 is 5.26. The quantitative estimate of drug-likeness (QED) is 0.799. The van der Waals surface area contributed by atoms with Crippen molar-refractivity contribution in [2.45, 2.75) is 31.7 Å². The minimum Gasteiger partial charge on any atom is -0.396 e. The fourth-order valence-electron chi connectivity index (χ4n) is 2.85. The number of carbonyl (C=O) groups excluding carboxylic acids is 1. The van der Waals surface area contributed by atoms with Gasteiger partial charge in [-0.25, -0.2) is 4.79 Å². The van der Waals surface area contributed by atoms with Crippen LogP contribution in [0.25, 0.3) is 0 Å². The second-order valence-electron chi connectivity index (χ2n) is 5.35. The van der Waals surface area contributed by atoms with Gasteiger partial charge < -0.3 is 19.6 Å². The van der Waals surface area contributed by atoms with Crippen molar-refractivity contribution in [1.82, 2.24) is 9.80 Å². The highest BCUT2D eigenvalue weighted by molar-refractivity contribution is 5.74. The zero-order valence-electron chi connectivity index (χ0n) is 11.2. The first kappa shape index (κ1) is 13.6. The van der Waals surface area contributed by atoms with Crippen LogP contribution in [-0.2, 0) is 4.74 Å². The second kappa shape index (κ2) is 6.38. The van der Waals surface area contributed by atoms with E-state index < -0.39 is 0 Å². The Labute approximate surface area is 109 Å². The Morgan fingerprint density at radius 2 is 1.89 bits per heavy atom. The average molecular weight is 256 g/mol. The average Bonchev–Trinajstić information content (AvgIpc) is 2.47. The highest BCUT2D eigenvalue weighted by Crippen LogP contribution is 2.27. The van der Waals surface area contributed by atoms with E-state index in [2.05, 4.69) is 0 Å². The minimum atomic E-state index is 0.130. The Balaban J connectivity index is 1.83. The number of aliphatic hydroxyl groups is 1. The first-order valence-electron chi connectivity index (χ1n) is 6.92. The molecule has 1 N–H and O–H groups in total. The monoisotopic (exact) mass is 256 g/mol. The van der Waals surface area contributed by atoms with Crippen molar-refractivity contribution in [1.29, 1.82) is 0 Å². The maximum absolute atomic E-state index is 12.3. The number of nitrogens with zero attached hydrogens (tertiary/aromatic N) is 2. The molecule has 2 fully saturated rings. The van der Waals surface area contributed by atoms with E-state index in [0.29, 0.717) is 38.3 Å². The molecule has 0 spiro atoms. The van der Waals surface area contributed by atoms with E-state index in [-0.39, 0.29) is 12.6 Å². The molecule has 0 radical (unpaired) electrons. The molecule has 1 saturated carbocycles. The van der Waals surface area contributed by atoms with Gasteiger partial charge in [-0.15, -0.1) is 0 Å². The Kier molecular flexibility index (Phi) is 4.83. The van der Waals surface area contributed by atoms with Crippen molar-refractivity contribution in [3.63, 3.8) is 0 Å². The normalized spacial score (nSPS) is 29.1. The molecule has 18 heavy (non-hydrogen) atoms. The number of carbonyl (C=O) groups is 1. The van der Waals surface area contributed by atoms with E-state index >= 15 is 0 Å². The van der Waals surface area contributed by atoms with Crippen LogP contribution in [0.3, 0.4) is 0 Å². The first-order chi connectivity index (χ1) is 8.72. The van der Waals surface area contributed by atoms with E-state index in [1.807, 2.05) is 16.8 Å². The molecule has 1 aliphatic carbocycles. The molecule has 5 nitrogen and oxygen atoms in total. The van der Waals surface area contributed by atoms with Crippen LogP contribution in [0.1, 0.15) is 25.7 Å². The van der Waals surface area contributed by atoms with Gasteiger partial charge in [-0.05, 0) is 31.6 Å². The molecule has 1 aliphatic heterocycles. The topological polar surface area (TPSA) is 53.0 Å². The fourth-order valence-corrected chi connectivity index (χ4v) is 2.85. The van der Waals surface area contributed by atoms with Gasteiger partial charge in [0, 0.05) is 32.8 Å². The summed E-state index contributed by atoms with van der Waals surface area (Å²) in [6.07, 6.45) is 4.08. The summed E-state index contributed by atoms with van der Waals surface area (Å²) >= 11 is 0. The maximum Gasteiger partial charge on any atom is 0.320 e. The largest absolute Gasteiger partial charge is 0.396 e. The first-order valence-corrected chi connectivity index (χ1v) is 6.92. The summed E-state index contributed by atoms with van der Waals surface area (Å²) in [4.78, 5) is 16.1. The maximum atomic E-state index is 12.3. The molecule has 0 aromatic rings. The number of aliphatic hydroxyl groups excluding tert-OH is 1. The molecule has 5 heteroatoms. The minimum absolute atomic E-state index is 0.130. The van der Waals surface area contributed by atoms with Crippen molar-refractivity contribution in [2.75, 3.05) is 40.0 Å². The zero-order valence-corrected chi connectivity index (χ0v) is 11.2.